The minimum Gasteiger partial charge on any atom is -1.00 e. The maximum atomic E-state index is 6.54. The van der Waals surface area contributed by atoms with E-state index in [1.807, 2.05) is 36.0 Å². The number of halogens is 5. The smallest absolute Gasteiger partial charge is 0.243 e. The third-order valence-electron chi connectivity index (χ3n) is 5.46. The number of aromatic nitrogens is 2. The molecule has 9 heteroatoms. The van der Waals surface area contributed by atoms with E-state index in [1.165, 1.54) is 4.90 Å². The summed E-state index contributed by atoms with van der Waals surface area (Å²) >= 11 is 26.9. The number of rotatable bonds is 11. The summed E-state index contributed by atoms with van der Waals surface area (Å²) in [5, 5.41) is 2.33. The second-order valence-electron chi connectivity index (χ2n) is 8.06. The number of benzene rings is 3. The molecule has 0 aliphatic carbocycles. The Hall–Kier alpha value is -1.37. The Morgan fingerprint density at radius 1 is 0.889 bits per heavy atom. The molecule has 3 nitrogen and oxygen atoms in total. The Labute approximate surface area is 242 Å². The molecule has 190 valence electrons. The van der Waals surface area contributed by atoms with Gasteiger partial charge in [0.25, 0.3) is 0 Å². The molecule has 0 radical (unpaired) electrons. The molecule has 1 aromatic heterocycles. The van der Waals surface area contributed by atoms with Gasteiger partial charge in [0.1, 0.15) is 25.0 Å². The van der Waals surface area contributed by atoms with E-state index >= 15 is 0 Å². The second-order valence-corrected chi connectivity index (χ2v) is 10.9. The Balaban J connectivity index is 0.00000361. The van der Waals surface area contributed by atoms with E-state index in [4.69, 9.17) is 51.1 Å². The fourth-order valence-electron chi connectivity index (χ4n) is 3.66. The molecule has 1 atom stereocenters. The first-order chi connectivity index (χ1) is 17.0. The van der Waals surface area contributed by atoms with Crippen LogP contribution in [0.2, 0.25) is 20.1 Å². The van der Waals surface area contributed by atoms with Crippen LogP contribution >= 0.6 is 58.2 Å². The SMILES string of the molecule is Clc1ccc(COC(C[n+]2ccn(CCCSc3ccccc3)c2)c2ccc(Cl)cc2Cl)c(Cl)c1.[Cl-]. The highest BCUT2D eigenvalue weighted by atomic mass is 35.5. The molecule has 0 bridgehead atoms. The third kappa shape index (κ3) is 8.59. The maximum absolute atomic E-state index is 6.54. The molecule has 4 aromatic rings. The summed E-state index contributed by atoms with van der Waals surface area (Å²) in [4.78, 5) is 1.30. The summed E-state index contributed by atoms with van der Waals surface area (Å²) in [6, 6.07) is 21.4. The molecule has 0 saturated heterocycles. The molecule has 1 heterocycles. The van der Waals surface area contributed by atoms with Crippen molar-refractivity contribution >= 4 is 58.2 Å². The summed E-state index contributed by atoms with van der Waals surface area (Å²) in [6.45, 7) is 1.87. The highest BCUT2D eigenvalue weighted by molar-refractivity contribution is 7.99. The topological polar surface area (TPSA) is 18.0 Å². The Kier molecular flexibility index (Phi) is 11.8. The van der Waals surface area contributed by atoms with Gasteiger partial charge in [-0.1, -0.05) is 76.7 Å². The molecule has 0 N–H and O–H groups in total. The molecular weight excluding hydrogens is 578 g/mol. The van der Waals surface area contributed by atoms with E-state index in [0.29, 0.717) is 33.2 Å². The van der Waals surface area contributed by atoms with Crippen molar-refractivity contribution in [1.29, 1.82) is 0 Å². The second kappa shape index (κ2) is 14.5. The van der Waals surface area contributed by atoms with Crippen LogP contribution in [0.25, 0.3) is 0 Å². The van der Waals surface area contributed by atoms with Crippen molar-refractivity contribution in [3.63, 3.8) is 0 Å². The van der Waals surface area contributed by atoms with Crippen molar-refractivity contribution in [3.05, 3.63) is 117 Å². The van der Waals surface area contributed by atoms with Crippen LogP contribution in [0, 0.1) is 0 Å². The van der Waals surface area contributed by atoms with Gasteiger partial charge in [0, 0.05) is 36.3 Å². The Morgan fingerprint density at radius 3 is 2.33 bits per heavy atom. The van der Waals surface area contributed by atoms with Crippen LogP contribution in [0.15, 0.2) is 90.3 Å². The van der Waals surface area contributed by atoms with E-state index in [9.17, 15) is 0 Å². The Bertz CT molecular complexity index is 1250. The molecule has 4 rings (SSSR count). The zero-order valence-electron chi connectivity index (χ0n) is 19.3. The van der Waals surface area contributed by atoms with Crippen LogP contribution in [-0.4, -0.2) is 10.3 Å². The number of aryl methyl sites for hydroxylation is 1. The van der Waals surface area contributed by atoms with Crippen molar-refractivity contribution in [2.24, 2.45) is 0 Å². The van der Waals surface area contributed by atoms with Gasteiger partial charge in [0.2, 0.25) is 6.33 Å². The normalized spacial score (nSPS) is 11.8. The predicted molar refractivity (Wildman–Crippen MR) is 147 cm³/mol. The van der Waals surface area contributed by atoms with Crippen molar-refractivity contribution in [3.8, 4) is 0 Å². The predicted octanol–water partition coefficient (Wildman–Crippen LogP) is 5.53. The number of nitrogens with zero attached hydrogens (tertiary/aromatic N) is 2. The lowest BCUT2D eigenvalue weighted by atomic mass is 10.1. The number of hydrogen-bond donors (Lipinski definition) is 0. The molecule has 0 fully saturated rings. The van der Waals surface area contributed by atoms with E-state index < -0.39 is 0 Å². The van der Waals surface area contributed by atoms with E-state index in [-0.39, 0.29) is 18.5 Å². The zero-order chi connectivity index (χ0) is 24.6. The van der Waals surface area contributed by atoms with Gasteiger partial charge in [-0.3, -0.25) is 0 Å². The standard InChI is InChI=1S/C27H25Cl4N2OS.ClH/c28-21-8-7-20(25(30)15-21)18-34-27(24-10-9-22(29)16-26(24)31)17-33-13-12-32(19-33)11-4-14-35-23-5-2-1-3-6-23;/h1-3,5-10,12-13,15-16,19,27H,4,11,14,17-18H2;1H/q+1;/p-1. The van der Waals surface area contributed by atoms with Gasteiger partial charge in [-0.15, -0.1) is 11.8 Å². The summed E-state index contributed by atoms with van der Waals surface area (Å²) in [5.41, 5.74) is 1.74. The van der Waals surface area contributed by atoms with Gasteiger partial charge in [0.15, 0.2) is 0 Å². The van der Waals surface area contributed by atoms with Crippen molar-refractivity contribution in [2.45, 2.75) is 37.1 Å². The van der Waals surface area contributed by atoms with Crippen LogP contribution in [0.4, 0.5) is 0 Å². The third-order valence-corrected chi connectivity index (χ3v) is 7.71. The van der Waals surface area contributed by atoms with Gasteiger partial charge < -0.3 is 17.1 Å². The summed E-state index contributed by atoms with van der Waals surface area (Å²) < 4.78 is 10.6. The first-order valence-electron chi connectivity index (χ1n) is 11.2. The van der Waals surface area contributed by atoms with Gasteiger partial charge in [-0.05, 0) is 48.4 Å². The minimum atomic E-state index is -0.291. The average molecular weight is 603 g/mol. The lowest BCUT2D eigenvalue weighted by molar-refractivity contribution is -0.704. The highest BCUT2D eigenvalue weighted by Gasteiger charge is 2.20. The van der Waals surface area contributed by atoms with Gasteiger partial charge >= 0.3 is 0 Å². The van der Waals surface area contributed by atoms with Crippen molar-refractivity contribution < 1.29 is 21.7 Å². The van der Waals surface area contributed by atoms with Crippen LogP contribution in [0.3, 0.4) is 0 Å². The van der Waals surface area contributed by atoms with Crippen LogP contribution in [0.5, 0.6) is 0 Å². The fraction of sp³-hybridized carbons (Fsp3) is 0.222. The molecule has 0 saturated carbocycles. The molecular formula is C27H25Cl5N2OS. The van der Waals surface area contributed by atoms with E-state index in [0.717, 1.165) is 29.8 Å². The lowest BCUT2D eigenvalue weighted by Gasteiger charge is -2.19. The average Bonchev–Trinajstić information content (AvgIpc) is 3.28. The first kappa shape index (κ1) is 29.2. The molecule has 0 aliphatic rings. The highest BCUT2D eigenvalue weighted by Crippen LogP contribution is 2.31. The van der Waals surface area contributed by atoms with Gasteiger partial charge in [-0.25, -0.2) is 9.13 Å². The fourth-order valence-corrected chi connectivity index (χ4v) is 5.51. The van der Waals surface area contributed by atoms with Crippen LogP contribution in [0.1, 0.15) is 23.7 Å². The Morgan fingerprint density at radius 2 is 1.61 bits per heavy atom. The van der Waals surface area contributed by atoms with Crippen LogP contribution < -0.4 is 17.0 Å². The number of thioether (sulfide) groups is 1. The minimum absolute atomic E-state index is 0. The van der Waals surface area contributed by atoms with E-state index in [2.05, 4.69) is 52.1 Å². The molecule has 3 aromatic carbocycles. The number of ether oxygens (including phenoxy) is 1. The van der Waals surface area contributed by atoms with Crippen molar-refractivity contribution in [2.75, 3.05) is 5.75 Å². The largest absolute Gasteiger partial charge is 1.00 e. The molecule has 0 amide bonds. The molecule has 0 aliphatic heterocycles. The monoisotopic (exact) mass is 600 g/mol. The lowest BCUT2D eigenvalue weighted by Crippen LogP contribution is -3.00. The molecule has 0 spiro atoms. The summed E-state index contributed by atoms with van der Waals surface area (Å²) in [5.74, 6) is 1.07. The maximum Gasteiger partial charge on any atom is 0.243 e. The first-order valence-corrected chi connectivity index (χ1v) is 13.7. The van der Waals surface area contributed by atoms with Crippen molar-refractivity contribution in [1.82, 2.24) is 4.57 Å². The number of hydrogen-bond acceptors (Lipinski definition) is 2. The summed E-state index contributed by atoms with van der Waals surface area (Å²) in [7, 11) is 0. The zero-order valence-corrected chi connectivity index (χ0v) is 23.9. The summed E-state index contributed by atoms with van der Waals surface area (Å²) in [6.07, 6.45) is 7.03. The van der Waals surface area contributed by atoms with Crippen LogP contribution in [-0.2, 0) is 24.4 Å². The quantitative estimate of drug-likeness (QED) is 0.128. The van der Waals surface area contributed by atoms with Gasteiger partial charge in [0.05, 0.1) is 13.2 Å². The number of imidazole rings is 1. The molecule has 36 heavy (non-hydrogen) atoms. The van der Waals surface area contributed by atoms with E-state index in [1.54, 1.807) is 18.2 Å². The molecule has 1 unspecified atom stereocenters. The van der Waals surface area contributed by atoms with Gasteiger partial charge in [-0.2, -0.15) is 0 Å².